The van der Waals surface area contributed by atoms with Gasteiger partial charge in [-0.3, -0.25) is 4.79 Å². The third kappa shape index (κ3) is 4.20. The van der Waals surface area contributed by atoms with Crippen molar-refractivity contribution < 1.29 is 19.8 Å². The predicted octanol–water partition coefficient (Wildman–Crippen LogP) is 5.34. The number of nitrogens with one attached hydrogen (secondary N) is 1. The molecule has 0 spiro atoms. The minimum atomic E-state index is -1.10. The lowest BCUT2D eigenvalue weighted by Gasteiger charge is -2.04. The summed E-state index contributed by atoms with van der Waals surface area (Å²) in [7, 11) is 0. The second-order valence-corrected chi connectivity index (χ2v) is 8.34. The van der Waals surface area contributed by atoms with Crippen molar-refractivity contribution in [3.63, 3.8) is 0 Å². The number of halogens is 2. The summed E-state index contributed by atoms with van der Waals surface area (Å²) in [5.74, 6) is -1.61. The minimum absolute atomic E-state index is 0.0168. The zero-order valence-electron chi connectivity index (χ0n) is 14.2. The number of hydrogen-bond acceptors (Lipinski definition) is 6. The highest BCUT2D eigenvalue weighted by atomic mass is 35.5. The van der Waals surface area contributed by atoms with Gasteiger partial charge in [-0.1, -0.05) is 29.3 Å². The maximum absolute atomic E-state index is 12.1. The number of hydrazone groups is 1. The number of hydrogen-bond donors (Lipinski definition) is 3. The molecule has 0 fully saturated rings. The van der Waals surface area contributed by atoms with E-state index in [1.54, 1.807) is 30.5 Å². The molecule has 3 N–H and O–H groups in total. The third-order valence-electron chi connectivity index (χ3n) is 3.70. The van der Waals surface area contributed by atoms with Crippen LogP contribution in [0.2, 0.25) is 10.0 Å². The summed E-state index contributed by atoms with van der Waals surface area (Å²) in [5, 5.41) is 26.0. The van der Waals surface area contributed by atoms with Crippen LogP contribution in [0.25, 0.3) is 10.4 Å². The number of carboxylic acids is 1. The molecule has 0 aliphatic rings. The van der Waals surface area contributed by atoms with Crippen molar-refractivity contribution in [2.24, 2.45) is 5.10 Å². The van der Waals surface area contributed by atoms with E-state index in [0.717, 1.165) is 11.3 Å². The summed E-state index contributed by atoms with van der Waals surface area (Å²) >= 11 is 14.1. The molecule has 0 radical (unpaired) electrons. The maximum atomic E-state index is 12.1. The first-order chi connectivity index (χ1) is 13.3. The average Bonchev–Trinajstić information content (AvgIpc) is 3.29. The van der Waals surface area contributed by atoms with Crippen LogP contribution in [-0.4, -0.2) is 27.8 Å². The summed E-state index contributed by atoms with van der Waals surface area (Å²) in [6, 6.07) is 7.82. The molecule has 28 heavy (non-hydrogen) atoms. The Labute approximate surface area is 177 Å². The molecule has 3 aromatic rings. The van der Waals surface area contributed by atoms with Gasteiger partial charge in [-0.25, -0.2) is 10.2 Å². The van der Waals surface area contributed by atoms with Crippen molar-refractivity contribution in [1.82, 2.24) is 5.43 Å². The molecule has 0 saturated heterocycles. The lowest BCUT2D eigenvalue weighted by molar-refractivity contribution is 0.0702. The molecule has 0 saturated carbocycles. The standard InChI is InChI=1S/C18H12Cl2N2O4S2/c1-8(21-22-17(24)13-4-5-14(28-13)18(25)26)10-7-27-16(15(10)23)9-2-3-11(19)12(20)6-9/h2-7,23H,1H3,(H,22,24)(H,25,26)/b21-8+. The van der Waals surface area contributed by atoms with Gasteiger partial charge in [-0.05, 0) is 36.8 Å². The summed E-state index contributed by atoms with van der Waals surface area (Å²) < 4.78 is 0. The number of aromatic carboxylic acids is 1. The van der Waals surface area contributed by atoms with Crippen LogP contribution in [0.15, 0.2) is 40.8 Å². The summed E-state index contributed by atoms with van der Waals surface area (Å²) in [5.41, 5.74) is 3.93. The largest absolute Gasteiger partial charge is 0.506 e. The van der Waals surface area contributed by atoms with E-state index in [2.05, 4.69) is 10.5 Å². The van der Waals surface area contributed by atoms with Crippen LogP contribution in [0, 0.1) is 0 Å². The van der Waals surface area contributed by atoms with Gasteiger partial charge >= 0.3 is 5.97 Å². The first-order valence-corrected chi connectivity index (χ1v) is 10.2. The van der Waals surface area contributed by atoms with Crippen LogP contribution in [0.1, 0.15) is 31.8 Å². The number of carboxylic acid groups (broad SMARTS) is 1. The highest BCUT2D eigenvalue weighted by Crippen LogP contribution is 2.40. The van der Waals surface area contributed by atoms with Crippen LogP contribution < -0.4 is 5.43 Å². The molecule has 0 bridgehead atoms. The molecule has 0 aliphatic heterocycles. The fourth-order valence-corrected chi connectivity index (χ4v) is 4.31. The van der Waals surface area contributed by atoms with Crippen LogP contribution in [0.3, 0.4) is 0 Å². The number of nitrogens with zero attached hydrogens (tertiary/aromatic N) is 1. The second kappa shape index (κ2) is 8.32. The Balaban J connectivity index is 1.79. The van der Waals surface area contributed by atoms with E-state index < -0.39 is 11.9 Å². The summed E-state index contributed by atoms with van der Waals surface area (Å²) in [6.07, 6.45) is 0. The summed E-state index contributed by atoms with van der Waals surface area (Å²) in [6.45, 7) is 1.64. The van der Waals surface area contributed by atoms with E-state index in [1.165, 1.54) is 23.5 Å². The molecular formula is C18H12Cl2N2O4S2. The number of thiophene rings is 2. The molecule has 0 aliphatic carbocycles. The molecule has 3 rings (SSSR count). The van der Waals surface area contributed by atoms with Crippen LogP contribution in [0.5, 0.6) is 5.75 Å². The van der Waals surface area contributed by atoms with Crippen LogP contribution in [0.4, 0.5) is 0 Å². The lowest BCUT2D eigenvalue weighted by Crippen LogP contribution is -2.18. The van der Waals surface area contributed by atoms with E-state index >= 15 is 0 Å². The third-order valence-corrected chi connectivity index (χ3v) is 6.53. The Morgan fingerprint density at radius 2 is 1.82 bits per heavy atom. The Bertz CT molecular complexity index is 1100. The monoisotopic (exact) mass is 454 g/mol. The number of benzene rings is 1. The van der Waals surface area contributed by atoms with Crippen molar-refractivity contribution in [1.29, 1.82) is 0 Å². The molecule has 10 heteroatoms. The van der Waals surface area contributed by atoms with Gasteiger partial charge in [0.05, 0.1) is 31.1 Å². The van der Waals surface area contributed by atoms with E-state index in [0.29, 0.717) is 31.8 Å². The molecular weight excluding hydrogens is 443 g/mol. The fourth-order valence-electron chi connectivity index (χ4n) is 2.28. The van der Waals surface area contributed by atoms with Gasteiger partial charge in [0.15, 0.2) is 0 Å². The first-order valence-electron chi connectivity index (χ1n) is 7.72. The molecule has 144 valence electrons. The number of amides is 1. The van der Waals surface area contributed by atoms with Crippen molar-refractivity contribution >= 4 is 63.5 Å². The van der Waals surface area contributed by atoms with Crippen LogP contribution >= 0.6 is 45.9 Å². The Hall–Kier alpha value is -2.39. The zero-order valence-corrected chi connectivity index (χ0v) is 17.3. The van der Waals surface area contributed by atoms with Gasteiger partial charge in [0, 0.05) is 5.38 Å². The normalized spacial score (nSPS) is 11.5. The quantitative estimate of drug-likeness (QED) is 0.357. The minimum Gasteiger partial charge on any atom is -0.506 e. The van der Waals surface area contributed by atoms with Crippen molar-refractivity contribution in [3.8, 4) is 16.2 Å². The number of carbonyl (C=O) groups is 2. The highest BCUT2D eigenvalue weighted by Gasteiger charge is 2.17. The van der Waals surface area contributed by atoms with E-state index in [9.17, 15) is 14.7 Å². The van der Waals surface area contributed by atoms with E-state index in [-0.39, 0.29) is 15.5 Å². The Kier molecular flexibility index (Phi) is 6.04. The van der Waals surface area contributed by atoms with Crippen LogP contribution in [-0.2, 0) is 0 Å². The smallest absolute Gasteiger partial charge is 0.345 e. The van der Waals surface area contributed by atoms with Gasteiger partial charge in [-0.2, -0.15) is 5.10 Å². The van der Waals surface area contributed by atoms with E-state index in [4.69, 9.17) is 28.3 Å². The molecule has 1 amide bonds. The number of rotatable bonds is 5. The molecule has 1 aromatic carbocycles. The van der Waals surface area contributed by atoms with Gasteiger partial charge in [0.2, 0.25) is 0 Å². The SMILES string of the molecule is C/C(=N\NC(=O)c1ccc(C(=O)O)s1)c1csc(-c2ccc(Cl)c(Cl)c2)c1O. The van der Waals surface area contributed by atoms with Crippen molar-refractivity contribution in [3.05, 3.63) is 61.1 Å². The molecule has 0 atom stereocenters. The Morgan fingerprint density at radius 3 is 2.46 bits per heavy atom. The fraction of sp³-hybridized carbons (Fsp3) is 0.0556. The van der Waals surface area contributed by atoms with Crippen molar-refractivity contribution in [2.45, 2.75) is 6.92 Å². The molecule has 6 nitrogen and oxygen atoms in total. The maximum Gasteiger partial charge on any atom is 0.345 e. The number of aromatic hydroxyl groups is 1. The lowest BCUT2D eigenvalue weighted by atomic mass is 10.1. The topological polar surface area (TPSA) is 99.0 Å². The van der Waals surface area contributed by atoms with Gasteiger partial charge < -0.3 is 10.2 Å². The predicted molar refractivity (Wildman–Crippen MR) is 112 cm³/mol. The molecule has 0 unspecified atom stereocenters. The average molecular weight is 455 g/mol. The Morgan fingerprint density at radius 1 is 1.11 bits per heavy atom. The van der Waals surface area contributed by atoms with Gasteiger partial charge in [0.25, 0.3) is 5.91 Å². The number of carbonyl (C=O) groups excluding carboxylic acids is 1. The van der Waals surface area contributed by atoms with E-state index in [1.807, 2.05) is 0 Å². The zero-order chi connectivity index (χ0) is 20.4. The highest BCUT2D eigenvalue weighted by molar-refractivity contribution is 7.15. The first kappa shape index (κ1) is 20.3. The van der Waals surface area contributed by atoms with Crippen molar-refractivity contribution in [2.75, 3.05) is 0 Å². The molecule has 2 heterocycles. The van der Waals surface area contributed by atoms with Gasteiger partial charge in [-0.15, -0.1) is 22.7 Å². The molecule has 2 aromatic heterocycles. The second-order valence-electron chi connectivity index (χ2n) is 5.56. The summed E-state index contributed by atoms with van der Waals surface area (Å²) in [4.78, 5) is 23.9. The van der Waals surface area contributed by atoms with Gasteiger partial charge in [0.1, 0.15) is 10.6 Å².